The molecule has 0 aliphatic carbocycles. The highest BCUT2D eigenvalue weighted by molar-refractivity contribution is 6.30. The van der Waals surface area contributed by atoms with Crippen LogP contribution in [0.1, 0.15) is 23.2 Å². The minimum Gasteiger partial charge on any atom is -0.337 e. The fourth-order valence-corrected chi connectivity index (χ4v) is 5.45. The number of benzene rings is 2. The molecule has 3 amide bonds. The maximum Gasteiger partial charge on any atom is 0.256 e. The molecular weight excluding hydrogens is 473 g/mol. The van der Waals surface area contributed by atoms with Crippen molar-refractivity contribution >= 4 is 35.0 Å². The van der Waals surface area contributed by atoms with E-state index < -0.39 is 11.9 Å². The number of nitrogens with two attached hydrogens (primary N) is 1. The predicted octanol–water partition coefficient (Wildman–Crippen LogP) is 2.17. The first-order valence-electron chi connectivity index (χ1n) is 11.8. The van der Waals surface area contributed by atoms with Gasteiger partial charge >= 0.3 is 0 Å². The Labute approximate surface area is 207 Å². The van der Waals surface area contributed by atoms with Crippen LogP contribution in [-0.2, 0) is 9.59 Å². The van der Waals surface area contributed by atoms with Gasteiger partial charge in [-0.15, -0.1) is 0 Å². The highest BCUT2D eigenvalue weighted by Gasteiger charge is 2.42. The lowest BCUT2D eigenvalue weighted by molar-refractivity contribution is -0.140. The van der Waals surface area contributed by atoms with Gasteiger partial charge in [-0.2, -0.15) is 0 Å². The molecule has 0 radical (unpaired) electrons. The first-order valence-corrected chi connectivity index (χ1v) is 12.2. The van der Waals surface area contributed by atoms with Gasteiger partial charge in [0.1, 0.15) is 11.9 Å². The van der Waals surface area contributed by atoms with Gasteiger partial charge in [0.05, 0.1) is 23.8 Å². The van der Waals surface area contributed by atoms with E-state index in [9.17, 15) is 18.8 Å². The van der Waals surface area contributed by atoms with Crippen molar-refractivity contribution in [2.45, 2.75) is 24.9 Å². The number of anilines is 1. The Balaban J connectivity index is 1.39. The van der Waals surface area contributed by atoms with E-state index in [4.69, 9.17) is 17.3 Å². The maximum atomic E-state index is 14.5. The van der Waals surface area contributed by atoms with E-state index in [1.165, 1.54) is 11.0 Å². The number of rotatable bonds is 4. The van der Waals surface area contributed by atoms with Gasteiger partial charge in [-0.25, -0.2) is 4.39 Å². The average molecular weight is 500 g/mol. The van der Waals surface area contributed by atoms with Gasteiger partial charge in [-0.05, 0) is 55.3 Å². The molecular formula is C25H27ClFN5O3. The van der Waals surface area contributed by atoms with Crippen LogP contribution < -0.4 is 11.1 Å². The lowest BCUT2D eigenvalue weighted by Crippen LogP contribution is -2.61. The number of nitrogens with one attached hydrogen (secondary N) is 1. The monoisotopic (exact) mass is 499 g/mol. The summed E-state index contributed by atoms with van der Waals surface area (Å²) in [6.07, 6.45) is 1.70. The molecule has 3 aliphatic heterocycles. The van der Waals surface area contributed by atoms with Crippen molar-refractivity contribution in [2.75, 3.05) is 44.6 Å². The van der Waals surface area contributed by atoms with E-state index in [1.807, 2.05) is 0 Å². The fraction of sp³-hybridized carbons (Fsp3) is 0.400. The molecule has 2 aromatic rings. The predicted molar refractivity (Wildman–Crippen MR) is 131 cm³/mol. The van der Waals surface area contributed by atoms with Crippen LogP contribution in [0.2, 0.25) is 5.02 Å². The van der Waals surface area contributed by atoms with Gasteiger partial charge in [0.15, 0.2) is 0 Å². The second-order valence-electron chi connectivity index (χ2n) is 9.16. The summed E-state index contributed by atoms with van der Waals surface area (Å²) >= 11 is 5.87. The van der Waals surface area contributed by atoms with Crippen molar-refractivity contribution in [1.29, 1.82) is 0 Å². The van der Waals surface area contributed by atoms with Crippen molar-refractivity contribution in [2.24, 2.45) is 5.73 Å². The normalized spacial score (nSPS) is 22.5. The molecule has 2 unspecified atom stereocenters. The Morgan fingerprint density at radius 1 is 1.11 bits per heavy atom. The number of amides is 3. The number of hydrogen-bond donors (Lipinski definition) is 2. The number of hydrogen-bond acceptors (Lipinski definition) is 5. The van der Waals surface area contributed by atoms with Crippen molar-refractivity contribution < 1.29 is 18.8 Å². The summed E-state index contributed by atoms with van der Waals surface area (Å²) in [5.41, 5.74) is 7.18. The first kappa shape index (κ1) is 23.7. The third-order valence-corrected chi connectivity index (χ3v) is 7.31. The van der Waals surface area contributed by atoms with E-state index in [0.29, 0.717) is 36.4 Å². The summed E-state index contributed by atoms with van der Waals surface area (Å²) in [5.74, 6) is -1.18. The highest BCUT2D eigenvalue weighted by Crippen LogP contribution is 2.32. The van der Waals surface area contributed by atoms with E-state index in [1.54, 1.807) is 35.2 Å². The first-order chi connectivity index (χ1) is 16.9. The third-order valence-electron chi connectivity index (χ3n) is 7.07. The molecule has 2 atom stereocenters. The van der Waals surface area contributed by atoms with Crippen molar-refractivity contribution in [3.63, 3.8) is 0 Å². The van der Waals surface area contributed by atoms with Crippen molar-refractivity contribution in [1.82, 2.24) is 14.7 Å². The molecule has 2 aromatic carbocycles. The van der Waals surface area contributed by atoms with Crippen molar-refractivity contribution in [3.8, 4) is 11.1 Å². The largest absolute Gasteiger partial charge is 0.337 e. The minimum absolute atomic E-state index is 0.0156. The lowest BCUT2D eigenvalue weighted by Gasteiger charge is -2.41. The molecule has 184 valence electrons. The topological polar surface area (TPSA) is 99.0 Å². The molecule has 3 aliphatic rings. The van der Waals surface area contributed by atoms with E-state index >= 15 is 0 Å². The summed E-state index contributed by atoms with van der Waals surface area (Å²) in [6.45, 7) is 2.70. The number of piperazine rings is 1. The Kier molecular flexibility index (Phi) is 6.48. The molecule has 2 saturated heterocycles. The average Bonchev–Trinajstić information content (AvgIpc) is 3.28. The van der Waals surface area contributed by atoms with Gasteiger partial charge in [-0.1, -0.05) is 17.7 Å². The van der Waals surface area contributed by atoms with Crippen LogP contribution in [0.25, 0.3) is 11.1 Å². The van der Waals surface area contributed by atoms with Crippen LogP contribution in [-0.4, -0.2) is 83.8 Å². The number of carbonyl (C=O) groups is 3. The molecule has 3 heterocycles. The molecule has 0 saturated carbocycles. The number of nitrogens with zero attached hydrogens (tertiary/aromatic N) is 3. The Morgan fingerprint density at radius 2 is 1.94 bits per heavy atom. The van der Waals surface area contributed by atoms with Crippen LogP contribution in [0.3, 0.4) is 0 Å². The number of likely N-dealkylation sites (tertiary alicyclic amines) is 1. The van der Waals surface area contributed by atoms with Crippen molar-refractivity contribution in [3.05, 3.63) is 52.8 Å². The zero-order chi connectivity index (χ0) is 24.7. The Morgan fingerprint density at radius 3 is 2.71 bits per heavy atom. The van der Waals surface area contributed by atoms with Gasteiger partial charge in [0.25, 0.3) is 5.91 Å². The zero-order valence-electron chi connectivity index (χ0n) is 19.2. The quantitative estimate of drug-likeness (QED) is 0.672. The van der Waals surface area contributed by atoms with Gasteiger partial charge in [-0.3, -0.25) is 19.3 Å². The SMILES string of the molecule is NCCN1CCCC1C(=O)N1CCN2C(=O)c3cc(-c4ccc(Cl)cc4F)ccc3NC(=O)C2C1. The summed E-state index contributed by atoms with van der Waals surface area (Å²) in [4.78, 5) is 45.2. The minimum atomic E-state index is -0.798. The molecule has 5 rings (SSSR count). The number of carbonyl (C=O) groups excluding carboxylic acids is 3. The van der Waals surface area contributed by atoms with Crippen LogP contribution in [0.4, 0.5) is 10.1 Å². The molecule has 2 fully saturated rings. The molecule has 0 aromatic heterocycles. The summed E-state index contributed by atoms with van der Waals surface area (Å²) < 4.78 is 14.5. The highest BCUT2D eigenvalue weighted by atomic mass is 35.5. The standard InChI is InChI=1S/C25H27ClFN5O3/c26-16-4-5-17(19(27)13-16)15-3-6-20-18(12-15)24(34)32-11-10-31(14-22(32)23(33)29-20)25(35)21-2-1-8-30(21)9-7-28/h3-6,12-13,21-22H,1-2,7-11,14,28H2,(H,29,33). The van der Waals surface area contributed by atoms with Crippen LogP contribution in [0, 0.1) is 5.82 Å². The molecule has 10 heteroatoms. The molecule has 35 heavy (non-hydrogen) atoms. The summed E-state index contributed by atoms with van der Waals surface area (Å²) in [7, 11) is 0. The number of fused-ring (bicyclic) bond motifs is 2. The lowest BCUT2D eigenvalue weighted by atomic mass is 10.0. The van der Waals surface area contributed by atoms with Gasteiger partial charge in [0.2, 0.25) is 11.8 Å². The smallest absolute Gasteiger partial charge is 0.256 e. The molecule has 8 nitrogen and oxygen atoms in total. The molecule has 3 N–H and O–H groups in total. The third kappa shape index (κ3) is 4.39. The van der Waals surface area contributed by atoms with E-state index in [2.05, 4.69) is 10.2 Å². The van der Waals surface area contributed by atoms with Gasteiger partial charge in [0, 0.05) is 36.8 Å². The molecule has 0 spiro atoms. The maximum absolute atomic E-state index is 14.5. The molecule has 0 bridgehead atoms. The fourth-order valence-electron chi connectivity index (χ4n) is 5.29. The van der Waals surface area contributed by atoms with E-state index in [-0.39, 0.29) is 47.4 Å². The van der Waals surface area contributed by atoms with Crippen LogP contribution in [0.15, 0.2) is 36.4 Å². The summed E-state index contributed by atoms with van der Waals surface area (Å²) in [5, 5.41) is 3.11. The second kappa shape index (κ2) is 9.56. The summed E-state index contributed by atoms with van der Waals surface area (Å²) in [6, 6.07) is 8.19. The van der Waals surface area contributed by atoms with E-state index in [0.717, 1.165) is 19.4 Å². The number of halogens is 2. The zero-order valence-corrected chi connectivity index (χ0v) is 19.9. The Hall–Kier alpha value is -3.01. The Bertz CT molecular complexity index is 1190. The van der Waals surface area contributed by atoms with Crippen LogP contribution in [0.5, 0.6) is 0 Å². The second-order valence-corrected chi connectivity index (χ2v) is 9.59. The van der Waals surface area contributed by atoms with Crippen LogP contribution >= 0.6 is 11.6 Å². The van der Waals surface area contributed by atoms with Gasteiger partial charge < -0.3 is 20.9 Å².